The number of rotatable bonds is 16. The predicted molar refractivity (Wildman–Crippen MR) is 144 cm³/mol. The summed E-state index contributed by atoms with van der Waals surface area (Å²) in [7, 11) is 0. The SMILES string of the molecule is CCCOCCN(CCCCc1ccc2c(n1)NCCC2)CCC(NC(=O)c1c(F)cncc1Cl)C(=O)O. The van der Waals surface area contributed by atoms with Crippen LogP contribution in [-0.4, -0.2) is 77.3 Å². The molecule has 3 N–H and O–H groups in total. The number of aryl methyl sites for hydroxylation is 2. The Morgan fingerprint density at radius 3 is 2.84 bits per heavy atom. The van der Waals surface area contributed by atoms with Gasteiger partial charge < -0.3 is 25.4 Å². The van der Waals surface area contributed by atoms with E-state index in [2.05, 4.69) is 32.7 Å². The lowest BCUT2D eigenvalue weighted by molar-refractivity contribution is -0.139. The summed E-state index contributed by atoms with van der Waals surface area (Å²) in [5.74, 6) is -1.98. The number of nitrogens with zero attached hydrogens (tertiary/aromatic N) is 3. The molecule has 2 aromatic heterocycles. The quantitative estimate of drug-likeness (QED) is 0.269. The van der Waals surface area contributed by atoms with Gasteiger partial charge in [0.1, 0.15) is 11.9 Å². The van der Waals surface area contributed by atoms with Gasteiger partial charge in [0, 0.05) is 38.1 Å². The lowest BCUT2D eigenvalue weighted by Crippen LogP contribution is -2.44. The van der Waals surface area contributed by atoms with Crippen LogP contribution in [0.2, 0.25) is 5.02 Å². The fourth-order valence-electron chi connectivity index (χ4n) is 4.35. The first-order valence-corrected chi connectivity index (χ1v) is 13.6. The van der Waals surface area contributed by atoms with Crippen molar-refractivity contribution in [1.29, 1.82) is 0 Å². The maximum absolute atomic E-state index is 14.1. The van der Waals surface area contributed by atoms with Crippen LogP contribution < -0.4 is 10.6 Å². The number of pyridine rings is 2. The molecule has 38 heavy (non-hydrogen) atoms. The number of halogens is 2. The fourth-order valence-corrected chi connectivity index (χ4v) is 4.59. The molecule has 2 aromatic rings. The normalized spacial score (nSPS) is 13.6. The number of aromatic nitrogens is 2. The van der Waals surface area contributed by atoms with E-state index >= 15 is 0 Å². The van der Waals surface area contributed by atoms with Gasteiger partial charge in [-0.1, -0.05) is 24.6 Å². The van der Waals surface area contributed by atoms with Gasteiger partial charge in [-0.25, -0.2) is 14.2 Å². The molecule has 1 aliphatic rings. The predicted octanol–water partition coefficient (Wildman–Crippen LogP) is 3.95. The number of aliphatic carboxylic acids is 1. The molecule has 1 amide bonds. The zero-order valence-electron chi connectivity index (χ0n) is 21.8. The molecule has 0 spiro atoms. The Hall–Kier alpha value is -2.82. The zero-order valence-corrected chi connectivity index (χ0v) is 22.6. The van der Waals surface area contributed by atoms with E-state index in [1.165, 1.54) is 5.56 Å². The smallest absolute Gasteiger partial charge is 0.326 e. The maximum Gasteiger partial charge on any atom is 0.326 e. The molecule has 11 heteroatoms. The second kappa shape index (κ2) is 15.6. The van der Waals surface area contributed by atoms with E-state index in [1.807, 2.05) is 6.92 Å². The Morgan fingerprint density at radius 2 is 2.08 bits per heavy atom. The number of carbonyl (C=O) groups is 2. The first kappa shape index (κ1) is 29.7. The number of carboxylic acid groups (broad SMARTS) is 1. The van der Waals surface area contributed by atoms with Crippen LogP contribution in [-0.2, 0) is 22.4 Å². The van der Waals surface area contributed by atoms with Crippen LogP contribution in [0, 0.1) is 5.82 Å². The third kappa shape index (κ3) is 9.18. The summed E-state index contributed by atoms with van der Waals surface area (Å²) in [6.45, 7) is 6.03. The van der Waals surface area contributed by atoms with Crippen molar-refractivity contribution < 1.29 is 23.8 Å². The third-order valence-corrected chi connectivity index (χ3v) is 6.71. The Morgan fingerprint density at radius 1 is 1.24 bits per heavy atom. The molecule has 0 saturated carbocycles. The largest absolute Gasteiger partial charge is 0.480 e. The number of hydrogen-bond donors (Lipinski definition) is 3. The first-order valence-electron chi connectivity index (χ1n) is 13.2. The van der Waals surface area contributed by atoms with Gasteiger partial charge >= 0.3 is 5.97 Å². The zero-order chi connectivity index (χ0) is 27.3. The second-order valence-electron chi connectivity index (χ2n) is 9.38. The summed E-state index contributed by atoms with van der Waals surface area (Å²) in [5.41, 5.74) is 1.92. The van der Waals surface area contributed by atoms with Gasteiger partial charge in [-0.15, -0.1) is 0 Å². The maximum atomic E-state index is 14.1. The molecule has 0 bridgehead atoms. The van der Waals surface area contributed by atoms with E-state index in [-0.39, 0.29) is 11.4 Å². The standard InChI is InChI=1S/C27H37ClFN5O4/c1-2-15-38-16-14-34(12-4-3-7-20-9-8-19-6-5-11-31-25(19)32-20)13-10-23(27(36)37)33-26(35)24-21(28)17-30-18-22(24)29/h8-9,17-18,23H,2-7,10-16H2,1H3,(H,31,32)(H,33,35)(H,36,37). The van der Waals surface area contributed by atoms with Gasteiger partial charge in [0.05, 0.1) is 23.4 Å². The van der Waals surface area contributed by atoms with Crippen molar-refractivity contribution in [2.45, 2.75) is 57.9 Å². The molecular weight excluding hydrogens is 513 g/mol. The highest BCUT2D eigenvalue weighted by Gasteiger charge is 2.25. The van der Waals surface area contributed by atoms with Gasteiger partial charge in [0.15, 0.2) is 5.82 Å². The van der Waals surface area contributed by atoms with E-state index in [0.717, 1.165) is 75.5 Å². The highest BCUT2D eigenvalue weighted by molar-refractivity contribution is 6.33. The topological polar surface area (TPSA) is 117 Å². The van der Waals surface area contributed by atoms with Gasteiger partial charge in [0.2, 0.25) is 0 Å². The van der Waals surface area contributed by atoms with Crippen LogP contribution in [0.1, 0.15) is 60.6 Å². The number of nitrogens with one attached hydrogen (secondary N) is 2. The average molecular weight is 550 g/mol. The van der Waals surface area contributed by atoms with Crippen LogP contribution in [0.15, 0.2) is 24.5 Å². The fraction of sp³-hybridized carbons (Fsp3) is 0.556. The molecule has 3 rings (SSSR count). The summed E-state index contributed by atoms with van der Waals surface area (Å²) in [5, 5.41) is 15.3. The van der Waals surface area contributed by atoms with E-state index in [9.17, 15) is 19.1 Å². The van der Waals surface area contributed by atoms with Crippen LogP contribution in [0.3, 0.4) is 0 Å². The van der Waals surface area contributed by atoms with E-state index in [1.54, 1.807) is 0 Å². The van der Waals surface area contributed by atoms with Crippen LogP contribution in [0.25, 0.3) is 0 Å². The monoisotopic (exact) mass is 549 g/mol. The van der Waals surface area contributed by atoms with Crippen molar-refractivity contribution in [2.75, 3.05) is 44.7 Å². The highest BCUT2D eigenvalue weighted by Crippen LogP contribution is 2.20. The Kier molecular flexibility index (Phi) is 12.2. The molecular formula is C27H37ClFN5O4. The molecule has 9 nitrogen and oxygen atoms in total. The van der Waals surface area contributed by atoms with Crippen LogP contribution in [0.5, 0.6) is 0 Å². The van der Waals surface area contributed by atoms with E-state index in [4.69, 9.17) is 21.3 Å². The summed E-state index contributed by atoms with van der Waals surface area (Å²) >= 11 is 5.91. The lowest BCUT2D eigenvalue weighted by Gasteiger charge is -2.24. The second-order valence-corrected chi connectivity index (χ2v) is 9.79. The van der Waals surface area contributed by atoms with E-state index in [0.29, 0.717) is 26.3 Å². The number of hydrogen-bond acceptors (Lipinski definition) is 7. The van der Waals surface area contributed by atoms with Crippen molar-refractivity contribution in [2.24, 2.45) is 0 Å². The van der Waals surface area contributed by atoms with Crippen molar-refractivity contribution >= 4 is 29.3 Å². The van der Waals surface area contributed by atoms with Gasteiger partial charge in [-0.05, 0) is 63.1 Å². The minimum Gasteiger partial charge on any atom is -0.480 e. The molecule has 1 atom stereocenters. The Bertz CT molecular complexity index is 1050. The molecule has 1 unspecified atom stereocenters. The van der Waals surface area contributed by atoms with Gasteiger partial charge in [-0.2, -0.15) is 0 Å². The highest BCUT2D eigenvalue weighted by atomic mass is 35.5. The molecule has 0 radical (unpaired) electrons. The minimum atomic E-state index is -1.20. The Balaban J connectivity index is 1.52. The third-order valence-electron chi connectivity index (χ3n) is 6.43. The molecule has 0 saturated heterocycles. The summed E-state index contributed by atoms with van der Waals surface area (Å²) in [6.07, 6.45) is 7.98. The van der Waals surface area contributed by atoms with E-state index < -0.39 is 29.3 Å². The van der Waals surface area contributed by atoms with Crippen molar-refractivity contribution in [3.8, 4) is 0 Å². The van der Waals surface area contributed by atoms with Gasteiger partial charge in [-0.3, -0.25) is 9.78 Å². The minimum absolute atomic E-state index is 0.150. The number of fused-ring (bicyclic) bond motifs is 1. The molecule has 1 aliphatic heterocycles. The number of anilines is 1. The number of ether oxygens (including phenoxy) is 1. The van der Waals surface area contributed by atoms with Crippen molar-refractivity contribution in [1.82, 2.24) is 20.2 Å². The summed E-state index contributed by atoms with van der Waals surface area (Å²) in [4.78, 5) is 34.9. The Labute approximate surface area is 228 Å². The van der Waals surface area contributed by atoms with Crippen LogP contribution in [0.4, 0.5) is 10.2 Å². The first-order chi connectivity index (χ1) is 18.4. The molecule has 0 aliphatic carbocycles. The number of amides is 1. The molecule has 3 heterocycles. The number of carbonyl (C=O) groups excluding carboxylic acids is 1. The summed E-state index contributed by atoms with van der Waals surface area (Å²) in [6, 6.07) is 3.06. The lowest BCUT2D eigenvalue weighted by atomic mass is 10.1. The van der Waals surface area contributed by atoms with Crippen molar-refractivity contribution in [3.63, 3.8) is 0 Å². The molecule has 0 aromatic carbocycles. The average Bonchev–Trinajstić information content (AvgIpc) is 2.90. The number of unbranched alkanes of at least 4 members (excludes halogenated alkanes) is 1. The summed E-state index contributed by atoms with van der Waals surface area (Å²) < 4.78 is 19.7. The number of carboxylic acids is 1. The van der Waals surface area contributed by atoms with Crippen LogP contribution >= 0.6 is 11.6 Å². The van der Waals surface area contributed by atoms with Crippen molar-refractivity contribution in [3.05, 3.63) is 52.2 Å². The molecule has 208 valence electrons. The van der Waals surface area contributed by atoms with Gasteiger partial charge in [0.25, 0.3) is 5.91 Å². The molecule has 0 fully saturated rings.